The van der Waals surface area contributed by atoms with E-state index < -0.39 is 0 Å². The molecule has 118 valence electrons. The second-order valence-corrected chi connectivity index (χ2v) is 6.40. The van der Waals surface area contributed by atoms with Gasteiger partial charge in [-0.1, -0.05) is 57.6 Å². The monoisotopic (exact) mass is 289 g/mol. The summed E-state index contributed by atoms with van der Waals surface area (Å²) in [5.41, 5.74) is 1.38. The Bertz CT molecular complexity index is 396. The minimum Gasteiger partial charge on any atom is -0.497 e. The Kier molecular flexibility index (Phi) is 7.08. The molecule has 0 saturated heterocycles. The van der Waals surface area contributed by atoms with Crippen LogP contribution in [0.3, 0.4) is 0 Å². The molecule has 1 atom stereocenters. The van der Waals surface area contributed by atoms with Gasteiger partial charge in [0.2, 0.25) is 0 Å². The minimum absolute atomic E-state index is 0.602. The van der Waals surface area contributed by atoms with Crippen molar-refractivity contribution < 1.29 is 4.74 Å². The zero-order chi connectivity index (χ0) is 14.9. The van der Waals surface area contributed by atoms with E-state index in [1.807, 2.05) is 6.07 Å². The standard InChI is InChI=1S/C19H31NO/c1-3-20-18(13-16-9-6-4-5-7-10-16)14-17-11-8-12-19(15-17)21-2/h8,11-12,15-16,18,20H,3-7,9-10,13-14H2,1-2H3. The van der Waals surface area contributed by atoms with Crippen molar-refractivity contribution in [2.45, 2.75) is 64.3 Å². The predicted octanol–water partition coefficient (Wildman–Crippen LogP) is 4.58. The molecular weight excluding hydrogens is 258 g/mol. The summed E-state index contributed by atoms with van der Waals surface area (Å²) >= 11 is 0. The van der Waals surface area contributed by atoms with Crippen molar-refractivity contribution in [3.8, 4) is 5.75 Å². The Labute approximate surface area is 130 Å². The summed E-state index contributed by atoms with van der Waals surface area (Å²) in [4.78, 5) is 0. The molecule has 0 radical (unpaired) electrons. The molecule has 2 nitrogen and oxygen atoms in total. The lowest BCUT2D eigenvalue weighted by Gasteiger charge is -2.23. The molecule has 1 aromatic carbocycles. The third-order valence-corrected chi connectivity index (χ3v) is 4.70. The van der Waals surface area contributed by atoms with Crippen LogP contribution in [0.4, 0.5) is 0 Å². The molecule has 0 heterocycles. The van der Waals surface area contributed by atoms with Gasteiger partial charge in [0.15, 0.2) is 0 Å². The van der Waals surface area contributed by atoms with Crippen LogP contribution in [0.5, 0.6) is 5.75 Å². The Morgan fingerprint density at radius 3 is 2.62 bits per heavy atom. The van der Waals surface area contributed by atoms with Gasteiger partial charge in [-0.05, 0) is 43.0 Å². The van der Waals surface area contributed by atoms with Crippen molar-refractivity contribution in [1.29, 1.82) is 0 Å². The van der Waals surface area contributed by atoms with Crippen LogP contribution in [0.15, 0.2) is 24.3 Å². The second kappa shape index (κ2) is 9.09. The first-order chi connectivity index (χ1) is 10.3. The Balaban J connectivity index is 1.93. The minimum atomic E-state index is 0.602. The third kappa shape index (κ3) is 5.70. The molecule has 1 N–H and O–H groups in total. The smallest absolute Gasteiger partial charge is 0.119 e. The number of ether oxygens (including phenoxy) is 1. The normalized spacial score (nSPS) is 18.2. The summed E-state index contributed by atoms with van der Waals surface area (Å²) in [6.07, 6.45) is 11.1. The van der Waals surface area contributed by atoms with Gasteiger partial charge in [0.05, 0.1) is 7.11 Å². The van der Waals surface area contributed by atoms with Gasteiger partial charge in [0.1, 0.15) is 5.75 Å². The fraction of sp³-hybridized carbons (Fsp3) is 0.684. The summed E-state index contributed by atoms with van der Waals surface area (Å²) in [6, 6.07) is 9.13. The lowest BCUT2D eigenvalue weighted by Crippen LogP contribution is -2.33. The number of rotatable bonds is 7. The van der Waals surface area contributed by atoms with Crippen molar-refractivity contribution in [2.24, 2.45) is 5.92 Å². The van der Waals surface area contributed by atoms with Crippen molar-refractivity contribution in [2.75, 3.05) is 13.7 Å². The molecule has 2 rings (SSSR count). The molecule has 1 aliphatic rings. The molecule has 0 amide bonds. The zero-order valence-corrected chi connectivity index (χ0v) is 13.7. The number of methoxy groups -OCH3 is 1. The van der Waals surface area contributed by atoms with Crippen LogP contribution in [0.1, 0.15) is 57.4 Å². The van der Waals surface area contributed by atoms with Gasteiger partial charge in [-0.2, -0.15) is 0 Å². The van der Waals surface area contributed by atoms with E-state index in [9.17, 15) is 0 Å². The van der Waals surface area contributed by atoms with E-state index in [4.69, 9.17) is 4.74 Å². The fourth-order valence-electron chi connectivity index (χ4n) is 3.61. The lowest BCUT2D eigenvalue weighted by molar-refractivity contribution is 0.352. The molecule has 1 aliphatic carbocycles. The average Bonchev–Trinajstić information content (AvgIpc) is 2.76. The van der Waals surface area contributed by atoms with Gasteiger partial charge in [0.25, 0.3) is 0 Å². The fourth-order valence-corrected chi connectivity index (χ4v) is 3.61. The molecule has 0 aliphatic heterocycles. The van der Waals surface area contributed by atoms with Gasteiger partial charge in [-0.25, -0.2) is 0 Å². The van der Waals surface area contributed by atoms with E-state index in [1.165, 1.54) is 50.5 Å². The summed E-state index contributed by atoms with van der Waals surface area (Å²) in [6.45, 7) is 3.27. The SMILES string of the molecule is CCNC(Cc1cccc(OC)c1)CC1CCCCCC1. The molecule has 1 saturated carbocycles. The number of likely N-dealkylation sites (N-methyl/N-ethyl adjacent to an activating group) is 1. The number of benzene rings is 1. The highest BCUT2D eigenvalue weighted by Crippen LogP contribution is 2.27. The Hall–Kier alpha value is -1.02. The maximum absolute atomic E-state index is 5.34. The summed E-state index contributed by atoms with van der Waals surface area (Å²) < 4.78 is 5.34. The van der Waals surface area contributed by atoms with Crippen LogP contribution in [0.2, 0.25) is 0 Å². The highest BCUT2D eigenvalue weighted by molar-refractivity contribution is 5.28. The van der Waals surface area contributed by atoms with Crippen molar-refractivity contribution in [3.63, 3.8) is 0 Å². The van der Waals surface area contributed by atoms with Crippen LogP contribution in [-0.2, 0) is 6.42 Å². The summed E-state index contributed by atoms with van der Waals surface area (Å²) in [5.74, 6) is 1.89. The van der Waals surface area contributed by atoms with Crippen molar-refractivity contribution in [3.05, 3.63) is 29.8 Å². The quantitative estimate of drug-likeness (QED) is 0.742. The van der Waals surface area contributed by atoms with E-state index in [2.05, 4.69) is 30.4 Å². The van der Waals surface area contributed by atoms with Gasteiger partial charge in [-0.15, -0.1) is 0 Å². The van der Waals surface area contributed by atoms with E-state index >= 15 is 0 Å². The van der Waals surface area contributed by atoms with Crippen molar-refractivity contribution in [1.82, 2.24) is 5.32 Å². The van der Waals surface area contributed by atoms with Crippen LogP contribution < -0.4 is 10.1 Å². The first-order valence-corrected chi connectivity index (χ1v) is 8.68. The van der Waals surface area contributed by atoms with Crippen LogP contribution in [-0.4, -0.2) is 19.7 Å². The van der Waals surface area contributed by atoms with E-state index in [-0.39, 0.29) is 0 Å². The van der Waals surface area contributed by atoms with Gasteiger partial charge < -0.3 is 10.1 Å². The first-order valence-electron chi connectivity index (χ1n) is 8.68. The van der Waals surface area contributed by atoms with E-state index in [0.717, 1.165) is 24.6 Å². The Morgan fingerprint density at radius 2 is 1.95 bits per heavy atom. The molecular formula is C19H31NO. The second-order valence-electron chi connectivity index (χ2n) is 6.40. The predicted molar refractivity (Wildman–Crippen MR) is 90.0 cm³/mol. The van der Waals surface area contributed by atoms with E-state index in [0.29, 0.717) is 6.04 Å². The molecule has 2 heteroatoms. The van der Waals surface area contributed by atoms with Crippen LogP contribution in [0.25, 0.3) is 0 Å². The largest absolute Gasteiger partial charge is 0.497 e. The zero-order valence-electron chi connectivity index (χ0n) is 13.7. The maximum atomic E-state index is 5.34. The van der Waals surface area contributed by atoms with Crippen molar-refractivity contribution >= 4 is 0 Å². The van der Waals surface area contributed by atoms with E-state index in [1.54, 1.807) is 7.11 Å². The highest BCUT2D eigenvalue weighted by Gasteiger charge is 2.18. The number of hydrogen-bond acceptors (Lipinski definition) is 2. The molecule has 0 aromatic heterocycles. The van der Waals surface area contributed by atoms with Gasteiger partial charge >= 0.3 is 0 Å². The lowest BCUT2D eigenvalue weighted by atomic mass is 9.90. The van der Waals surface area contributed by atoms with Crippen LogP contribution in [0, 0.1) is 5.92 Å². The number of hydrogen-bond donors (Lipinski definition) is 1. The molecule has 0 spiro atoms. The topological polar surface area (TPSA) is 21.3 Å². The summed E-state index contributed by atoms with van der Waals surface area (Å²) in [7, 11) is 1.74. The Morgan fingerprint density at radius 1 is 1.19 bits per heavy atom. The van der Waals surface area contributed by atoms with Gasteiger partial charge in [0, 0.05) is 6.04 Å². The molecule has 1 aromatic rings. The third-order valence-electron chi connectivity index (χ3n) is 4.70. The number of nitrogens with one attached hydrogen (secondary N) is 1. The highest BCUT2D eigenvalue weighted by atomic mass is 16.5. The molecule has 21 heavy (non-hydrogen) atoms. The van der Waals surface area contributed by atoms with Gasteiger partial charge in [-0.3, -0.25) is 0 Å². The molecule has 0 bridgehead atoms. The molecule has 1 unspecified atom stereocenters. The average molecular weight is 289 g/mol. The first kappa shape index (κ1) is 16.4. The molecule has 1 fully saturated rings. The summed E-state index contributed by atoms with van der Waals surface area (Å²) in [5, 5.41) is 3.70. The maximum Gasteiger partial charge on any atom is 0.119 e. The van der Waals surface area contributed by atoms with Crippen LogP contribution >= 0.6 is 0 Å².